The van der Waals surface area contributed by atoms with Gasteiger partial charge in [0, 0.05) is 0 Å². The molecule has 8 nitrogen and oxygen atoms in total. The smallest absolute Gasteiger partial charge is 0.258 e. The molecule has 1 saturated carbocycles. The molecule has 26 heavy (non-hydrogen) atoms. The summed E-state index contributed by atoms with van der Waals surface area (Å²) in [6, 6.07) is 7.53. The lowest BCUT2D eigenvalue weighted by Gasteiger charge is -2.22. The fourth-order valence-corrected chi connectivity index (χ4v) is 3.11. The zero-order chi connectivity index (χ0) is 18.2. The number of amides is 1. The Balaban J connectivity index is 1.45. The minimum atomic E-state index is -0.211. The molecule has 8 heteroatoms. The molecule has 0 atom stereocenters. The molecule has 0 spiro atoms. The van der Waals surface area contributed by atoms with Gasteiger partial charge in [-0.2, -0.15) is 0 Å². The largest absolute Gasteiger partial charge is 0.494 e. The first kappa shape index (κ1) is 18.2. The van der Waals surface area contributed by atoms with Crippen LogP contribution in [0.1, 0.15) is 50.9 Å². The normalized spacial score (nSPS) is 14.8. The van der Waals surface area contributed by atoms with Crippen LogP contribution in [0.4, 0.5) is 0 Å². The van der Waals surface area contributed by atoms with Crippen LogP contribution in [0.2, 0.25) is 0 Å². The van der Waals surface area contributed by atoms with Crippen LogP contribution in [0.15, 0.2) is 24.3 Å². The molecule has 1 aliphatic rings. The zero-order valence-corrected chi connectivity index (χ0v) is 15.1. The van der Waals surface area contributed by atoms with Crippen molar-refractivity contribution in [3.05, 3.63) is 30.1 Å². The molecule has 140 valence electrons. The standard InChI is InChI=1S/C18H25N5O3/c1-2-25-15-8-10-16(11-9-15)26-13-18(24)19-12-17-20-21-22-23(17)14-6-4-3-5-7-14/h8-11,14H,2-7,12-13H2,1H3,(H,19,24). The van der Waals surface area contributed by atoms with Gasteiger partial charge in [-0.25, -0.2) is 4.68 Å². The average molecular weight is 359 g/mol. The van der Waals surface area contributed by atoms with E-state index in [2.05, 4.69) is 20.8 Å². The molecule has 0 saturated heterocycles. The van der Waals surface area contributed by atoms with E-state index in [1.165, 1.54) is 19.3 Å². The summed E-state index contributed by atoms with van der Waals surface area (Å²) in [5.41, 5.74) is 0. The number of nitrogens with zero attached hydrogens (tertiary/aromatic N) is 4. The molecule has 0 bridgehead atoms. The van der Waals surface area contributed by atoms with Crippen molar-refractivity contribution >= 4 is 5.91 Å². The Morgan fingerprint density at radius 1 is 1.15 bits per heavy atom. The first-order valence-corrected chi connectivity index (χ1v) is 9.15. The molecule has 0 unspecified atom stereocenters. The van der Waals surface area contributed by atoms with Crippen LogP contribution in [0.25, 0.3) is 0 Å². The Kier molecular flexibility index (Phi) is 6.40. The summed E-state index contributed by atoms with van der Waals surface area (Å²) < 4.78 is 12.7. The molecule has 1 aromatic carbocycles. The molecule has 1 N–H and O–H groups in total. The highest BCUT2D eigenvalue weighted by Crippen LogP contribution is 2.27. The van der Waals surface area contributed by atoms with Crippen molar-refractivity contribution in [2.45, 2.75) is 51.6 Å². The van der Waals surface area contributed by atoms with Gasteiger partial charge in [-0.05, 0) is 54.5 Å². The molecule has 1 fully saturated rings. The number of carbonyl (C=O) groups is 1. The van der Waals surface area contributed by atoms with Crippen LogP contribution in [0, 0.1) is 0 Å². The number of nitrogens with one attached hydrogen (secondary N) is 1. The third-order valence-corrected chi connectivity index (χ3v) is 4.43. The number of carbonyl (C=O) groups excluding carboxylic acids is 1. The van der Waals surface area contributed by atoms with E-state index in [9.17, 15) is 4.79 Å². The summed E-state index contributed by atoms with van der Waals surface area (Å²) in [6.07, 6.45) is 5.85. The number of tetrazole rings is 1. The van der Waals surface area contributed by atoms with E-state index in [4.69, 9.17) is 9.47 Å². The fraction of sp³-hybridized carbons (Fsp3) is 0.556. The van der Waals surface area contributed by atoms with Crippen LogP contribution in [0.5, 0.6) is 11.5 Å². The summed E-state index contributed by atoms with van der Waals surface area (Å²) in [6.45, 7) is 2.79. The van der Waals surface area contributed by atoms with E-state index in [-0.39, 0.29) is 12.5 Å². The molecular weight excluding hydrogens is 334 g/mol. The molecule has 1 aliphatic carbocycles. The lowest BCUT2D eigenvalue weighted by Crippen LogP contribution is -2.30. The summed E-state index contributed by atoms with van der Waals surface area (Å²) in [5.74, 6) is 1.87. The van der Waals surface area contributed by atoms with Crippen molar-refractivity contribution in [3.8, 4) is 11.5 Å². The van der Waals surface area contributed by atoms with Crippen molar-refractivity contribution in [3.63, 3.8) is 0 Å². The topological polar surface area (TPSA) is 91.2 Å². The predicted molar refractivity (Wildman–Crippen MR) is 94.9 cm³/mol. The van der Waals surface area contributed by atoms with Crippen molar-refractivity contribution in [1.29, 1.82) is 0 Å². The van der Waals surface area contributed by atoms with E-state index >= 15 is 0 Å². The SMILES string of the molecule is CCOc1ccc(OCC(=O)NCc2nnnn2C2CCCCC2)cc1. The maximum Gasteiger partial charge on any atom is 0.258 e. The van der Waals surface area contributed by atoms with Gasteiger partial charge in [-0.1, -0.05) is 19.3 Å². The van der Waals surface area contributed by atoms with Crippen LogP contribution in [-0.2, 0) is 11.3 Å². The van der Waals surface area contributed by atoms with Gasteiger partial charge in [-0.15, -0.1) is 5.10 Å². The van der Waals surface area contributed by atoms with Crippen molar-refractivity contribution in [2.24, 2.45) is 0 Å². The lowest BCUT2D eigenvalue weighted by molar-refractivity contribution is -0.123. The average Bonchev–Trinajstić information content (AvgIpc) is 3.15. The Morgan fingerprint density at radius 2 is 1.85 bits per heavy atom. The second-order valence-electron chi connectivity index (χ2n) is 6.30. The quantitative estimate of drug-likeness (QED) is 0.777. The second kappa shape index (κ2) is 9.17. The molecule has 0 aliphatic heterocycles. The van der Waals surface area contributed by atoms with Gasteiger partial charge in [-0.3, -0.25) is 4.79 Å². The van der Waals surface area contributed by atoms with E-state index in [1.807, 2.05) is 23.7 Å². The molecule has 1 amide bonds. The molecular formula is C18H25N5O3. The van der Waals surface area contributed by atoms with Gasteiger partial charge in [0.05, 0.1) is 19.2 Å². The van der Waals surface area contributed by atoms with Gasteiger partial charge in [0.1, 0.15) is 11.5 Å². The van der Waals surface area contributed by atoms with E-state index in [0.717, 1.165) is 18.6 Å². The number of ether oxygens (including phenoxy) is 2. The number of rotatable bonds is 8. The van der Waals surface area contributed by atoms with E-state index in [1.54, 1.807) is 12.1 Å². The van der Waals surface area contributed by atoms with Gasteiger partial charge in [0.2, 0.25) is 0 Å². The third kappa shape index (κ3) is 4.93. The van der Waals surface area contributed by atoms with Gasteiger partial charge < -0.3 is 14.8 Å². The Morgan fingerprint density at radius 3 is 2.54 bits per heavy atom. The predicted octanol–water partition coefficient (Wildman–Crippen LogP) is 2.27. The molecule has 0 radical (unpaired) electrons. The molecule has 1 heterocycles. The monoisotopic (exact) mass is 359 g/mol. The third-order valence-electron chi connectivity index (χ3n) is 4.43. The highest BCUT2D eigenvalue weighted by atomic mass is 16.5. The number of hydrogen-bond donors (Lipinski definition) is 1. The summed E-state index contributed by atoms with van der Waals surface area (Å²) in [7, 11) is 0. The zero-order valence-electron chi connectivity index (χ0n) is 15.1. The molecule has 1 aromatic heterocycles. The number of benzene rings is 1. The highest BCUT2D eigenvalue weighted by molar-refractivity contribution is 5.77. The number of hydrogen-bond acceptors (Lipinski definition) is 6. The summed E-state index contributed by atoms with van der Waals surface area (Å²) in [4.78, 5) is 12.0. The minimum Gasteiger partial charge on any atom is -0.494 e. The van der Waals surface area contributed by atoms with Crippen molar-refractivity contribution in [1.82, 2.24) is 25.5 Å². The van der Waals surface area contributed by atoms with E-state index in [0.29, 0.717) is 30.8 Å². The minimum absolute atomic E-state index is 0.0566. The van der Waals surface area contributed by atoms with Gasteiger partial charge in [0.15, 0.2) is 12.4 Å². The van der Waals surface area contributed by atoms with Crippen LogP contribution in [-0.4, -0.2) is 39.3 Å². The Bertz CT molecular complexity index is 695. The summed E-state index contributed by atoms with van der Waals surface area (Å²) >= 11 is 0. The summed E-state index contributed by atoms with van der Waals surface area (Å²) in [5, 5.41) is 14.7. The number of aromatic nitrogens is 4. The van der Waals surface area contributed by atoms with E-state index < -0.39 is 0 Å². The second-order valence-corrected chi connectivity index (χ2v) is 6.30. The van der Waals surface area contributed by atoms with Crippen LogP contribution < -0.4 is 14.8 Å². The van der Waals surface area contributed by atoms with Gasteiger partial charge in [0.25, 0.3) is 5.91 Å². The fourth-order valence-electron chi connectivity index (χ4n) is 3.11. The molecule has 2 aromatic rings. The first-order chi connectivity index (χ1) is 12.8. The highest BCUT2D eigenvalue weighted by Gasteiger charge is 2.20. The van der Waals surface area contributed by atoms with Gasteiger partial charge >= 0.3 is 0 Å². The first-order valence-electron chi connectivity index (χ1n) is 9.15. The van der Waals surface area contributed by atoms with Crippen LogP contribution in [0.3, 0.4) is 0 Å². The van der Waals surface area contributed by atoms with Crippen LogP contribution >= 0.6 is 0 Å². The maximum absolute atomic E-state index is 12.0. The Labute approximate surface area is 152 Å². The van der Waals surface area contributed by atoms with Crippen molar-refractivity contribution in [2.75, 3.05) is 13.2 Å². The molecule has 3 rings (SSSR count). The maximum atomic E-state index is 12.0. The van der Waals surface area contributed by atoms with Crippen molar-refractivity contribution < 1.29 is 14.3 Å². The Hall–Kier alpha value is -2.64. The lowest BCUT2D eigenvalue weighted by atomic mass is 9.96.